The van der Waals surface area contributed by atoms with E-state index >= 15 is 0 Å². The second kappa shape index (κ2) is 6.06. The van der Waals surface area contributed by atoms with E-state index in [2.05, 4.69) is 66.9 Å². The molecule has 0 radical (unpaired) electrons. The third-order valence-corrected chi connectivity index (χ3v) is 6.58. The summed E-state index contributed by atoms with van der Waals surface area (Å²) in [6.45, 7) is 5.62. The van der Waals surface area contributed by atoms with Gasteiger partial charge in [0.2, 0.25) is 10.5 Å². The van der Waals surface area contributed by atoms with Crippen LogP contribution in [0.15, 0.2) is 48.5 Å². The van der Waals surface area contributed by atoms with E-state index in [0.717, 1.165) is 6.54 Å². The van der Waals surface area contributed by atoms with Gasteiger partial charge >= 0.3 is 0 Å². The highest BCUT2D eigenvalue weighted by Gasteiger charge is 2.17. The molecule has 0 atom stereocenters. The van der Waals surface area contributed by atoms with Gasteiger partial charge in [0.15, 0.2) is 0 Å². The Labute approximate surface area is 144 Å². The van der Waals surface area contributed by atoms with E-state index in [9.17, 15) is 0 Å². The van der Waals surface area contributed by atoms with Gasteiger partial charge in [-0.25, -0.2) is 0 Å². The monoisotopic (exact) mass is 338 g/mol. The van der Waals surface area contributed by atoms with Crippen LogP contribution in [-0.4, -0.2) is 0 Å². The lowest BCUT2D eigenvalue weighted by atomic mass is 10.1. The van der Waals surface area contributed by atoms with Gasteiger partial charge in [-0.3, -0.25) is 0 Å². The number of aromatic nitrogens is 1. The SMILES string of the molecule is CCCC[n+]1c(C)sc2ccc(-c3cc4ccccc4s3)cc21. The topological polar surface area (TPSA) is 3.88 Å². The zero-order valence-electron chi connectivity index (χ0n) is 13.5. The summed E-state index contributed by atoms with van der Waals surface area (Å²) < 4.78 is 5.24. The van der Waals surface area contributed by atoms with Crippen LogP contribution in [0.5, 0.6) is 0 Å². The predicted octanol–water partition coefficient (Wildman–Crippen LogP) is 6.18. The number of hydrogen-bond donors (Lipinski definition) is 0. The summed E-state index contributed by atoms with van der Waals surface area (Å²) >= 11 is 3.79. The molecule has 4 aromatic rings. The van der Waals surface area contributed by atoms with Crippen LogP contribution < -0.4 is 4.57 Å². The number of aryl methyl sites for hydroxylation is 2. The number of thiophene rings is 1. The van der Waals surface area contributed by atoms with E-state index < -0.39 is 0 Å². The van der Waals surface area contributed by atoms with E-state index in [1.807, 2.05) is 22.7 Å². The number of benzene rings is 2. The normalized spacial score (nSPS) is 11.6. The van der Waals surface area contributed by atoms with Crippen LogP contribution in [-0.2, 0) is 6.54 Å². The Kier molecular flexibility index (Phi) is 3.92. The van der Waals surface area contributed by atoms with Gasteiger partial charge in [-0.05, 0) is 29.1 Å². The molecule has 2 aromatic heterocycles. The van der Waals surface area contributed by atoms with Crippen molar-refractivity contribution in [2.45, 2.75) is 33.2 Å². The Morgan fingerprint density at radius 2 is 1.83 bits per heavy atom. The van der Waals surface area contributed by atoms with Crippen molar-refractivity contribution in [2.75, 3.05) is 0 Å². The van der Waals surface area contributed by atoms with Crippen molar-refractivity contribution in [3.8, 4) is 10.4 Å². The van der Waals surface area contributed by atoms with Crippen molar-refractivity contribution in [1.29, 1.82) is 0 Å². The molecular weight excluding hydrogens is 318 g/mol. The Balaban J connectivity index is 1.83. The standard InChI is InChI=1S/C20H20NS2/c1-3-4-11-21-14(2)22-19-10-9-16(12-17(19)21)20-13-15-7-5-6-8-18(15)23-20/h5-10,12-13H,3-4,11H2,1-2H3/q+1. The number of thiazole rings is 1. The molecule has 0 fully saturated rings. The number of rotatable bonds is 4. The summed E-state index contributed by atoms with van der Waals surface area (Å²) in [6, 6.07) is 17.9. The summed E-state index contributed by atoms with van der Waals surface area (Å²) in [5.41, 5.74) is 2.72. The minimum Gasteiger partial charge on any atom is -0.186 e. The number of unbranched alkanes of at least 4 members (excludes halogenated alkanes) is 1. The van der Waals surface area contributed by atoms with Gasteiger partial charge in [0.25, 0.3) is 0 Å². The second-order valence-corrected chi connectivity index (χ2v) is 8.28. The molecule has 0 bridgehead atoms. The Morgan fingerprint density at radius 3 is 2.65 bits per heavy atom. The molecule has 116 valence electrons. The Morgan fingerprint density at radius 1 is 0.957 bits per heavy atom. The van der Waals surface area contributed by atoms with Crippen molar-refractivity contribution in [2.24, 2.45) is 0 Å². The fourth-order valence-electron chi connectivity index (χ4n) is 3.07. The maximum Gasteiger partial charge on any atom is 0.235 e. The smallest absolute Gasteiger partial charge is 0.186 e. The zero-order chi connectivity index (χ0) is 15.8. The van der Waals surface area contributed by atoms with Crippen LogP contribution >= 0.6 is 22.7 Å². The lowest BCUT2D eigenvalue weighted by Gasteiger charge is -1.98. The molecule has 4 rings (SSSR count). The van der Waals surface area contributed by atoms with Crippen LogP contribution in [0.4, 0.5) is 0 Å². The first kappa shape index (κ1) is 14.9. The summed E-state index contributed by atoms with van der Waals surface area (Å²) in [4.78, 5) is 1.36. The quantitative estimate of drug-likeness (QED) is 0.391. The molecule has 0 aliphatic rings. The van der Waals surface area contributed by atoms with Crippen LogP contribution in [0.2, 0.25) is 0 Å². The van der Waals surface area contributed by atoms with Crippen molar-refractivity contribution in [1.82, 2.24) is 0 Å². The van der Waals surface area contributed by atoms with Gasteiger partial charge in [-0.2, -0.15) is 4.57 Å². The third-order valence-electron chi connectivity index (χ3n) is 4.33. The van der Waals surface area contributed by atoms with Crippen molar-refractivity contribution < 1.29 is 4.57 Å². The van der Waals surface area contributed by atoms with Gasteiger partial charge in [-0.15, -0.1) is 11.3 Å². The summed E-state index contributed by atoms with van der Waals surface area (Å²) in [6.07, 6.45) is 2.48. The van der Waals surface area contributed by atoms with Gasteiger partial charge in [0.1, 0.15) is 11.2 Å². The van der Waals surface area contributed by atoms with Gasteiger partial charge in [0.05, 0.1) is 0 Å². The van der Waals surface area contributed by atoms with E-state index in [1.54, 1.807) is 0 Å². The van der Waals surface area contributed by atoms with Crippen molar-refractivity contribution >= 4 is 43.0 Å². The molecule has 2 aromatic carbocycles. The first-order chi connectivity index (χ1) is 11.3. The van der Waals surface area contributed by atoms with E-state index in [4.69, 9.17) is 0 Å². The molecule has 0 N–H and O–H groups in total. The lowest BCUT2D eigenvalue weighted by molar-refractivity contribution is -0.673. The first-order valence-corrected chi connectivity index (χ1v) is 9.81. The molecular formula is C20H20NS2+. The lowest BCUT2D eigenvalue weighted by Crippen LogP contribution is -2.34. The summed E-state index contributed by atoms with van der Waals surface area (Å²) in [7, 11) is 0. The number of nitrogens with zero attached hydrogens (tertiary/aromatic N) is 1. The Bertz CT molecular complexity index is 945. The molecule has 0 unspecified atom stereocenters. The van der Waals surface area contributed by atoms with Gasteiger partial charge in [-0.1, -0.05) is 48.9 Å². The maximum atomic E-state index is 2.49. The molecule has 23 heavy (non-hydrogen) atoms. The number of fused-ring (bicyclic) bond motifs is 2. The number of hydrogen-bond acceptors (Lipinski definition) is 2. The Hall–Kier alpha value is -1.71. The predicted molar refractivity (Wildman–Crippen MR) is 102 cm³/mol. The highest BCUT2D eigenvalue weighted by Crippen LogP contribution is 2.35. The highest BCUT2D eigenvalue weighted by atomic mass is 32.1. The molecule has 0 amide bonds. The molecule has 2 heterocycles. The summed E-state index contributed by atoms with van der Waals surface area (Å²) in [5, 5.41) is 2.75. The summed E-state index contributed by atoms with van der Waals surface area (Å²) in [5.74, 6) is 0. The fraction of sp³-hybridized carbons (Fsp3) is 0.250. The molecule has 0 saturated heterocycles. The second-order valence-electron chi connectivity index (χ2n) is 5.96. The van der Waals surface area contributed by atoms with Crippen LogP contribution in [0.1, 0.15) is 24.8 Å². The van der Waals surface area contributed by atoms with Crippen LogP contribution in [0.3, 0.4) is 0 Å². The van der Waals surface area contributed by atoms with E-state index in [0.29, 0.717) is 0 Å². The fourth-order valence-corrected chi connectivity index (χ4v) is 5.16. The zero-order valence-corrected chi connectivity index (χ0v) is 15.1. The van der Waals surface area contributed by atoms with Gasteiger partial charge < -0.3 is 0 Å². The molecule has 0 spiro atoms. The van der Waals surface area contributed by atoms with Crippen molar-refractivity contribution in [3.05, 3.63) is 53.5 Å². The van der Waals surface area contributed by atoms with E-state index in [1.165, 1.54) is 48.6 Å². The van der Waals surface area contributed by atoms with Crippen molar-refractivity contribution in [3.63, 3.8) is 0 Å². The highest BCUT2D eigenvalue weighted by molar-refractivity contribution is 7.22. The van der Waals surface area contributed by atoms with Crippen LogP contribution in [0.25, 0.3) is 30.7 Å². The minimum atomic E-state index is 1.12. The third kappa shape index (κ3) is 2.68. The minimum absolute atomic E-state index is 1.12. The average molecular weight is 339 g/mol. The molecule has 1 nitrogen and oxygen atoms in total. The largest absolute Gasteiger partial charge is 0.235 e. The molecule has 0 aliphatic carbocycles. The maximum absolute atomic E-state index is 2.49. The molecule has 0 aliphatic heterocycles. The van der Waals surface area contributed by atoms with E-state index in [-0.39, 0.29) is 0 Å². The molecule has 3 heteroatoms. The van der Waals surface area contributed by atoms with Gasteiger partial charge in [0, 0.05) is 29.0 Å². The van der Waals surface area contributed by atoms with Crippen LogP contribution in [0, 0.1) is 6.92 Å². The molecule has 0 saturated carbocycles. The average Bonchev–Trinajstić information content (AvgIpc) is 3.12. The first-order valence-electron chi connectivity index (χ1n) is 8.18.